The molecule has 3 aromatic rings. The van der Waals surface area contributed by atoms with Gasteiger partial charge in [-0.1, -0.05) is 36.4 Å². The number of urea groups is 1. The van der Waals surface area contributed by atoms with Crippen molar-refractivity contribution < 1.29 is 14.0 Å². The van der Waals surface area contributed by atoms with Gasteiger partial charge in [0, 0.05) is 42.2 Å². The molecule has 1 aromatic heterocycles. The molecule has 0 fully saturated rings. The van der Waals surface area contributed by atoms with Gasteiger partial charge in [0.25, 0.3) is 0 Å². The van der Waals surface area contributed by atoms with Crippen molar-refractivity contribution in [1.29, 1.82) is 5.26 Å². The van der Waals surface area contributed by atoms with Gasteiger partial charge >= 0.3 is 6.03 Å². The molecular formula is C22H22FN5O2. The number of hydrogen-bond acceptors (Lipinski definition) is 3. The van der Waals surface area contributed by atoms with Gasteiger partial charge in [0.1, 0.15) is 11.9 Å². The number of benzene rings is 2. The molecule has 0 saturated carbocycles. The number of hydrogen-bond donors (Lipinski definition) is 4. The molecule has 1 unspecified atom stereocenters. The Morgan fingerprint density at radius 2 is 1.83 bits per heavy atom. The van der Waals surface area contributed by atoms with E-state index in [2.05, 4.69) is 20.9 Å². The van der Waals surface area contributed by atoms with Gasteiger partial charge in [-0.25, -0.2) is 9.18 Å². The van der Waals surface area contributed by atoms with E-state index in [1.807, 2.05) is 30.3 Å². The number of carbonyl (C=O) groups excluding carboxylic acids is 2. The molecule has 0 spiro atoms. The number of nitrogens with zero attached hydrogens (tertiary/aromatic N) is 1. The van der Waals surface area contributed by atoms with Gasteiger partial charge in [0.05, 0.1) is 12.5 Å². The van der Waals surface area contributed by atoms with Crippen molar-refractivity contribution >= 4 is 22.8 Å². The Hall–Kier alpha value is -3.86. The van der Waals surface area contributed by atoms with E-state index in [1.54, 1.807) is 24.4 Å². The zero-order valence-electron chi connectivity index (χ0n) is 16.2. The Morgan fingerprint density at radius 3 is 2.63 bits per heavy atom. The molecule has 0 saturated heterocycles. The Bertz CT molecular complexity index is 1070. The topological polar surface area (TPSA) is 110 Å². The average Bonchev–Trinajstić information content (AvgIpc) is 3.16. The summed E-state index contributed by atoms with van der Waals surface area (Å²) in [4.78, 5) is 28.1. The second-order valence-electron chi connectivity index (χ2n) is 6.73. The van der Waals surface area contributed by atoms with Gasteiger partial charge < -0.3 is 20.9 Å². The summed E-state index contributed by atoms with van der Waals surface area (Å²) in [6, 6.07) is 14.3. The van der Waals surface area contributed by atoms with Gasteiger partial charge in [-0.3, -0.25) is 4.79 Å². The molecular weight excluding hydrogens is 385 g/mol. The van der Waals surface area contributed by atoms with Crippen LogP contribution < -0.4 is 16.0 Å². The average molecular weight is 407 g/mol. The first-order chi connectivity index (χ1) is 14.6. The highest BCUT2D eigenvalue weighted by atomic mass is 19.1. The molecule has 1 heterocycles. The summed E-state index contributed by atoms with van der Waals surface area (Å²) in [6.07, 6.45) is 2.24. The fourth-order valence-electron chi connectivity index (χ4n) is 3.12. The maximum Gasteiger partial charge on any atom is 0.315 e. The molecule has 3 rings (SSSR count). The lowest BCUT2D eigenvalue weighted by Crippen LogP contribution is -2.51. The molecule has 3 amide bonds. The Labute approximate surface area is 173 Å². The van der Waals surface area contributed by atoms with Crippen LogP contribution in [-0.4, -0.2) is 29.5 Å². The van der Waals surface area contributed by atoms with E-state index in [1.165, 1.54) is 6.07 Å². The predicted octanol–water partition coefficient (Wildman–Crippen LogP) is 2.75. The van der Waals surface area contributed by atoms with Gasteiger partial charge in [0.15, 0.2) is 0 Å². The number of aromatic amines is 1. The third-order valence-electron chi connectivity index (χ3n) is 4.65. The van der Waals surface area contributed by atoms with Crippen molar-refractivity contribution in [1.82, 2.24) is 20.9 Å². The van der Waals surface area contributed by atoms with Gasteiger partial charge in [0.2, 0.25) is 5.91 Å². The minimum Gasteiger partial charge on any atom is -0.361 e. The standard InChI is InChI=1S/C22H22FN5O2/c23-18-8-3-1-6-15(18)13-27-22(30)28-20(21(29)25-11-5-10-24)12-16-14-26-19-9-4-2-7-17(16)19/h1-4,6-9,14,20,26H,5,11-13H2,(H,25,29)(H2,27,28,30). The van der Waals surface area contributed by atoms with Gasteiger partial charge in [-0.2, -0.15) is 5.26 Å². The molecule has 4 N–H and O–H groups in total. The highest BCUT2D eigenvalue weighted by molar-refractivity contribution is 5.89. The van der Waals surface area contributed by atoms with Crippen LogP contribution in [0.3, 0.4) is 0 Å². The molecule has 2 aromatic carbocycles. The fourth-order valence-corrected chi connectivity index (χ4v) is 3.12. The van der Waals surface area contributed by atoms with Crippen LogP contribution in [0.15, 0.2) is 54.7 Å². The molecule has 1 atom stereocenters. The number of nitriles is 1. The van der Waals surface area contributed by atoms with Crippen molar-refractivity contribution in [3.05, 3.63) is 71.7 Å². The zero-order chi connectivity index (χ0) is 21.3. The molecule has 154 valence electrons. The third-order valence-corrected chi connectivity index (χ3v) is 4.65. The number of aromatic nitrogens is 1. The van der Waals surface area contributed by atoms with Gasteiger partial charge in [-0.05, 0) is 17.7 Å². The molecule has 30 heavy (non-hydrogen) atoms. The predicted molar refractivity (Wildman–Crippen MR) is 111 cm³/mol. The van der Waals surface area contributed by atoms with Crippen molar-refractivity contribution in [2.45, 2.75) is 25.4 Å². The van der Waals surface area contributed by atoms with Crippen LogP contribution in [0.4, 0.5) is 9.18 Å². The van der Waals surface area contributed by atoms with Crippen LogP contribution >= 0.6 is 0 Å². The molecule has 8 heteroatoms. The number of amides is 3. The first-order valence-electron chi connectivity index (χ1n) is 9.56. The second kappa shape index (κ2) is 10.1. The van der Waals surface area contributed by atoms with Crippen molar-refractivity contribution in [3.63, 3.8) is 0 Å². The Balaban J connectivity index is 1.69. The summed E-state index contributed by atoms with van der Waals surface area (Å²) < 4.78 is 13.7. The minimum atomic E-state index is -0.858. The van der Waals surface area contributed by atoms with Crippen LogP contribution in [0.2, 0.25) is 0 Å². The van der Waals surface area contributed by atoms with E-state index in [0.717, 1.165) is 16.5 Å². The minimum absolute atomic E-state index is 0.00559. The first-order valence-corrected chi connectivity index (χ1v) is 9.56. The van der Waals surface area contributed by atoms with E-state index in [4.69, 9.17) is 5.26 Å². The lowest BCUT2D eigenvalue weighted by Gasteiger charge is -2.18. The summed E-state index contributed by atoms with van der Waals surface area (Å²) in [5.41, 5.74) is 2.15. The lowest BCUT2D eigenvalue weighted by atomic mass is 10.0. The largest absolute Gasteiger partial charge is 0.361 e. The quantitative estimate of drug-likeness (QED) is 0.431. The van der Waals surface area contributed by atoms with E-state index in [-0.39, 0.29) is 25.9 Å². The van der Waals surface area contributed by atoms with E-state index in [9.17, 15) is 14.0 Å². The first kappa shape index (κ1) is 20.9. The van der Waals surface area contributed by atoms with Crippen molar-refractivity contribution in [2.24, 2.45) is 0 Å². The summed E-state index contributed by atoms with van der Waals surface area (Å²) >= 11 is 0. The molecule has 0 aliphatic heterocycles. The number of H-pyrrole nitrogens is 1. The van der Waals surface area contributed by atoms with Crippen LogP contribution in [0.5, 0.6) is 0 Å². The maximum absolute atomic E-state index is 13.7. The smallest absolute Gasteiger partial charge is 0.315 e. The highest BCUT2D eigenvalue weighted by Gasteiger charge is 2.22. The number of carbonyl (C=O) groups is 2. The number of rotatable bonds is 8. The molecule has 0 bridgehead atoms. The number of fused-ring (bicyclic) bond motifs is 1. The summed E-state index contributed by atoms with van der Waals surface area (Å²) in [5, 5.41) is 17.5. The van der Waals surface area contributed by atoms with Gasteiger partial charge in [-0.15, -0.1) is 0 Å². The normalized spacial score (nSPS) is 11.5. The lowest BCUT2D eigenvalue weighted by molar-refractivity contribution is -0.122. The Morgan fingerprint density at radius 1 is 1.07 bits per heavy atom. The molecule has 0 aliphatic rings. The number of halogens is 1. The maximum atomic E-state index is 13.7. The zero-order valence-corrected chi connectivity index (χ0v) is 16.2. The SMILES string of the molecule is N#CCCNC(=O)C(Cc1c[nH]c2ccccc12)NC(=O)NCc1ccccc1F. The molecule has 0 aliphatic carbocycles. The van der Waals surface area contributed by atoms with E-state index < -0.39 is 23.8 Å². The fraction of sp³-hybridized carbons (Fsp3) is 0.227. The Kier molecular flexibility index (Phi) is 7.00. The number of para-hydroxylation sites is 1. The molecule has 0 radical (unpaired) electrons. The van der Waals surface area contributed by atoms with Crippen molar-refractivity contribution in [3.8, 4) is 6.07 Å². The summed E-state index contributed by atoms with van der Waals surface area (Å²) in [6.45, 7) is 0.187. The van der Waals surface area contributed by atoms with E-state index >= 15 is 0 Å². The number of nitrogens with one attached hydrogen (secondary N) is 4. The summed E-state index contributed by atoms with van der Waals surface area (Å²) in [5.74, 6) is -0.807. The van der Waals surface area contributed by atoms with Crippen LogP contribution in [0.25, 0.3) is 10.9 Å². The third kappa shape index (κ3) is 5.35. The summed E-state index contributed by atoms with van der Waals surface area (Å²) in [7, 11) is 0. The highest BCUT2D eigenvalue weighted by Crippen LogP contribution is 2.19. The van der Waals surface area contributed by atoms with E-state index in [0.29, 0.717) is 5.56 Å². The van der Waals surface area contributed by atoms with Crippen LogP contribution in [0.1, 0.15) is 17.5 Å². The monoisotopic (exact) mass is 407 g/mol. The van der Waals surface area contributed by atoms with Crippen LogP contribution in [0, 0.1) is 17.1 Å². The van der Waals surface area contributed by atoms with Crippen molar-refractivity contribution in [2.75, 3.05) is 6.54 Å². The second-order valence-corrected chi connectivity index (χ2v) is 6.73. The van der Waals surface area contributed by atoms with Crippen LogP contribution in [-0.2, 0) is 17.8 Å². The molecule has 7 nitrogen and oxygen atoms in total.